The van der Waals surface area contributed by atoms with Crippen LogP contribution < -0.4 is 5.46 Å². The summed E-state index contributed by atoms with van der Waals surface area (Å²) in [6.45, 7) is 0. The van der Waals surface area contributed by atoms with E-state index < -0.39 is 0 Å². The van der Waals surface area contributed by atoms with Crippen molar-refractivity contribution >= 4 is 74.4 Å². The highest BCUT2D eigenvalue weighted by Gasteiger charge is 1.98. The van der Waals surface area contributed by atoms with E-state index in [-0.39, 0.29) is 0 Å². The van der Waals surface area contributed by atoms with Gasteiger partial charge in [-0.05, 0) is 67.2 Å². The van der Waals surface area contributed by atoms with E-state index in [4.69, 9.17) is 7.85 Å². The number of benzene rings is 1. The molecule has 0 aliphatic rings. The number of rotatable bonds is 0. The maximum Gasteiger partial charge on any atom is 0.115 e. The minimum Gasteiger partial charge on any atom is -0.0824 e. The zero-order valence-corrected chi connectivity index (χ0v) is 10.8. The number of hydrogen-bond acceptors (Lipinski definition) is 0. The first kappa shape index (κ1) is 9.31. The van der Waals surface area contributed by atoms with E-state index in [1.54, 1.807) is 0 Å². The van der Waals surface area contributed by atoms with Crippen molar-refractivity contribution in [2.75, 3.05) is 0 Å². The SMILES string of the molecule is [B]c1cc(Br)c(I)cc1I. The summed E-state index contributed by atoms with van der Waals surface area (Å²) in [4.78, 5) is 0. The van der Waals surface area contributed by atoms with Crippen molar-refractivity contribution in [3.05, 3.63) is 23.7 Å². The first-order chi connectivity index (χ1) is 4.61. The van der Waals surface area contributed by atoms with E-state index in [0.717, 1.165) is 13.5 Å². The summed E-state index contributed by atoms with van der Waals surface area (Å²) in [7, 11) is 5.65. The minimum absolute atomic E-state index is 0.827. The Morgan fingerprint density at radius 1 is 1.20 bits per heavy atom. The smallest absolute Gasteiger partial charge is 0.0824 e. The Labute approximate surface area is 97.0 Å². The summed E-state index contributed by atoms with van der Waals surface area (Å²) < 4.78 is 3.35. The van der Waals surface area contributed by atoms with Crippen molar-refractivity contribution in [1.82, 2.24) is 0 Å². The largest absolute Gasteiger partial charge is 0.115 e. The van der Waals surface area contributed by atoms with E-state index in [2.05, 4.69) is 61.1 Å². The zero-order chi connectivity index (χ0) is 7.72. The van der Waals surface area contributed by atoms with Gasteiger partial charge < -0.3 is 0 Å². The standard InChI is InChI=1S/C6H2BBrI2/c7-3-1-4(8)6(10)2-5(3)9/h1-2H. The molecule has 1 aromatic carbocycles. The van der Waals surface area contributed by atoms with Crippen LogP contribution in [0.2, 0.25) is 0 Å². The molecule has 0 heterocycles. The molecular formula is C6H2BBrI2. The monoisotopic (exact) mass is 418 g/mol. The van der Waals surface area contributed by atoms with Crippen molar-refractivity contribution in [3.63, 3.8) is 0 Å². The molecule has 0 fully saturated rings. The number of hydrogen-bond donors (Lipinski definition) is 0. The fourth-order valence-electron chi connectivity index (χ4n) is 0.538. The van der Waals surface area contributed by atoms with Gasteiger partial charge in [-0.3, -0.25) is 0 Å². The van der Waals surface area contributed by atoms with Crippen molar-refractivity contribution < 1.29 is 0 Å². The van der Waals surface area contributed by atoms with Crippen LogP contribution in [0.1, 0.15) is 0 Å². The highest BCUT2D eigenvalue weighted by atomic mass is 127. The molecule has 0 amide bonds. The topological polar surface area (TPSA) is 0 Å². The van der Waals surface area contributed by atoms with Crippen LogP contribution in [0.5, 0.6) is 0 Å². The predicted molar refractivity (Wildman–Crippen MR) is 65.0 cm³/mol. The van der Waals surface area contributed by atoms with Crippen molar-refractivity contribution in [3.8, 4) is 0 Å². The molecule has 0 nitrogen and oxygen atoms in total. The minimum atomic E-state index is 0.827. The van der Waals surface area contributed by atoms with Crippen LogP contribution in [0.4, 0.5) is 0 Å². The lowest BCUT2D eigenvalue weighted by molar-refractivity contribution is 1.59. The fraction of sp³-hybridized carbons (Fsp3) is 0. The molecule has 0 N–H and O–H groups in total. The highest BCUT2D eigenvalue weighted by molar-refractivity contribution is 14.1. The molecule has 0 aliphatic carbocycles. The van der Waals surface area contributed by atoms with Gasteiger partial charge in [0.1, 0.15) is 7.85 Å². The third-order valence-electron chi connectivity index (χ3n) is 1.04. The van der Waals surface area contributed by atoms with Crippen LogP contribution in [0.15, 0.2) is 16.6 Å². The van der Waals surface area contributed by atoms with E-state index in [1.165, 1.54) is 3.57 Å². The summed E-state index contributed by atoms with van der Waals surface area (Å²) >= 11 is 7.86. The summed E-state index contributed by atoms with van der Waals surface area (Å²) in [6, 6.07) is 3.96. The molecule has 10 heavy (non-hydrogen) atoms. The molecule has 1 rings (SSSR count). The second kappa shape index (κ2) is 3.75. The molecule has 0 unspecified atom stereocenters. The van der Waals surface area contributed by atoms with E-state index in [0.29, 0.717) is 0 Å². The van der Waals surface area contributed by atoms with Crippen LogP contribution in [-0.2, 0) is 0 Å². The molecule has 4 heteroatoms. The first-order valence-corrected chi connectivity index (χ1v) is 5.46. The molecule has 0 saturated carbocycles. The average molecular weight is 419 g/mol. The Hall–Kier alpha value is 1.22. The predicted octanol–water partition coefficient (Wildman–Crippen LogP) is 2.45. The van der Waals surface area contributed by atoms with E-state index >= 15 is 0 Å². The molecule has 2 radical (unpaired) electrons. The fourth-order valence-corrected chi connectivity index (χ4v) is 2.43. The zero-order valence-electron chi connectivity index (χ0n) is 4.87. The lowest BCUT2D eigenvalue weighted by Crippen LogP contribution is -2.07. The third-order valence-corrected chi connectivity index (χ3v) is 4.26. The summed E-state index contributed by atoms with van der Waals surface area (Å²) in [5, 5.41) is 0. The van der Waals surface area contributed by atoms with Gasteiger partial charge >= 0.3 is 0 Å². The molecule has 0 spiro atoms. The first-order valence-electron chi connectivity index (χ1n) is 2.51. The second-order valence-corrected chi connectivity index (χ2v) is 4.97. The summed E-state index contributed by atoms with van der Waals surface area (Å²) in [5.41, 5.74) is 0.827. The van der Waals surface area contributed by atoms with Gasteiger partial charge in [-0.1, -0.05) is 11.5 Å². The maximum atomic E-state index is 5.65. The van der Waals surface area contributed by atoms with Gasteiger partial charge in [0, 0.05) is 11.6 Å². The van der Waals surface area contributed by atoms with Crippen LogP contribution in [0, 0.1) is 7.14 Å². The van der Waals surface area contributed by atoms with Crippen LogP contribution in [0.25, 0.3) is 0 Å². The molecule has 0 bridgehead atoms. The van der Waals surface area contributed by atoms with Crippen LogP contribution in [-0.4, -0.2) is 7.85 Å². The van der Waals surface area contributed by atoms with Gasteiger partial charge in [0.25, 0.3) is 0 Å². The van der Waals surface area contributed by atoms with Gasteiger partial charge in [-0.25, -0.2) is 0 Å². The second-order valence-electron chi connectivity index (χ2n) is 1.79. The molecule has 50 valence electrons. The Morgan fingerprint density at radius 2 is 1.80 bits per heavy atom. The van der Waals surface area contributed by atoms with Crippen LogP contribution in [0.3, 0.4) is 0 Å². The lowest BCUT2D eigenvalue weighted by atomic mass is 9.97. The lowest BCUT2D eigenvalue weighted by Gasteiger charge is -2.00. The molecule has 0 aromatic heterocycles. The Morgan fingerprint density at radius 3 is 2.30 bits per heavy atom. The van der Waals surface area contributed by atoms with Gasteiger partial charge in [0.15, 0.2) is 0 Å². The van der Waals surface area contributed by atoms with Crippen molar-refractivity contribution in [1.29, 1.82) is 0 Å². The van der Waals surface area contributed by atoms with Crippen molar-refractivity contribution in [2.24, 2.45) is 0 Å². The number of halogens is 3. The van der Waals surface area contributed by atoms with Crippen LogP contribution >= 0.6 is 61.1 Å². The average Bonchev–Trinajstić information content (AvgIpc) is 1.84. The van der Waals surface area contributed by atoms with Gasteiger partial charge in [0.05, 0.1) is 0 Å². The summed E-state index contributed by atoms with van der Waals surface area (Å²) in [5.74, 6) is 0. The quantitative estimate of drug-likeness (QED) is 0.345. The Kier molecular flexibility index (Phi) is 3.50. The Balaban J connectivity index is 3.28. The van der Waals surface area contributed by atoms with E-state index in [9.17, 15) is 0 Å². The van der Waals surface area contributed by atoms with Gasteiger partial charge in [-0.2, -0.15) is 0 Å². The van der Waals surface area contributed by atoms with Gasteiger partial charge in [-0.15, -0.1) is 0 Å². The molecule has 1 aromatic rings. The molecule has 0 saturated heterocycles. The highest BCUT2D eigenvalue weighted by Crippen LogP contribution is 2.19. The van der Waals surface area contributed by atoms with Crippen molar-refractivity contribution in [2.45, 2.75) is 0 Å². The molecule has 0 atom stereocenters. The molecule has 0 aliphatic heterocycles. The maximum absolute atomic E-state index is 5.65. The van der Waals surface area contributed by atoms with E-state index in [1.807, 2.05) is 12.1 Å². The van der Waals surface area contributed by atoms with Gasteiger partial charge in [0.2, 0.25) is 0 Å². The Bertz CT molecular complexity index is 212. The third kappa shape index (κ3) is 2.10. The molecular weight excluding hydrogens is 417 g/mol. The summed E-state index contributed by atoms with van der Waals surface area (Å²) in [6.07, 6.45) is 0. The normalized spacial score (nSPS) is 9.90.